The van der Waals surface area contributed by atoms with E-state index in [1.54, 1.807) is 23.1 Å². The van der Waals surface area contributed by atoms with Crippen LogP contribution in [0.4, 0.5) is 0 Å². The van der Waals surface area contributed by atoms with Gasteiger partial charge in [0, 0.05) is 66.4 Å². The first-order valence-corrected chi connectivity index (χ1v) is 13.3. The number of likely N-dealkylation sites (tertiary alicyclic amines) is 1. The molecule has 0 radical (unpaired) electrons. The Bertz CT molecular complexity index is 1340. The summed E-state index contributed by atoms with van der Waals surface area (Å²) in [5.74, 6) is -0.694. The Morgan fingerprint density at radius 2 is 1.84 bits per heavy atom. The lowest BCUT2D eigenvalue weighted by Gasteiger charge is -2.29. The zero-order chi connectivity index (χ0) is 25.6. The molecule has 5 rings (SSSR count). The molecule has 9 nitrogen and oxygen atoms in total. The number of rotatable bonds is 5. The molecular formula is C25H30Cl2N6O3S. The van der Waals surface area contributed by atoms with Gasteiger partial charge in [-0.1, -0.05) is 11.6 Å². The largest absolute Gasteiger partial charge is 0.351 e. The van der Waals surface area contributed by atoms with Gasteiger partial charge in [-0.25, -0.2) is 4.98 Å². The van der Waals surface area contributed by atoms with Gasteiger partial charge in [-0.05, 0) is 38.1 Å². The molecule has 0 bridgehead atoms. The molecule has 0 saturated carbocycles. The Balaban J connectivity index is 0.00000320. The van der Waals surface area contributed by atoms with Gasteiger partial charge in [0.1, 0.15) is 5.69 Å². The van der Waals surface area contributed by atoms with E-state index in [0.717, 1.165) is 41.0 Å². The van der Waals surface area contributed by atoms with Crippen LogP contribution in [0.5, 0.6) is 0 Å². The first-order valence-electron chi connectivity index (χ1n) is 12.1. The number of hydrogen-bond donors (Lipinski definition) is 3. The molecule has 4 heterocycles. The maximum absolute atomic E-state index is 13.1. The predicted octanol–water partition coefficient (Wildman–Crippen LogP) is 3.23. The Morgan fingerprint density at radius 3 is 2.51 bits per heavy atom. The molecule has 2 atom stereocenters. The summed E-state index contributed by atoms with van der Waals surface area (Å²) in [4.78, 5) is 51.1. The third kappa shape index (κ3) is 5.77. The molecule has 3 N–H and O–H groups in total. The van der Waals surface area contributed by atoms with Crippen LogP contribution < -0.4 is 10.6 Å². The van der Waals surface area contributed by atoms with Crippen LogP contribution in [-0.4, -0.2) is 75.2 Å². The van der Waals surface area contributed by atoms with Gasteiger partial charge in [0.05, 0.1) is 17.8 Å². The number of halogens is 2. The van der Waals surface area contributed by atoms with Crippen LogP contribution in [0.25, 0.3) is 10.9 Å². The fraction of sp³-hybridized carbons (Fsp3) is 0.440. The van der Waals surface area contributed by atoms with Gasteiger partial charge >= 0.3 is 0 Å². The van der Waals surface area contributed by atoms with Gasteiger partial charge in [-0.15, -0.1) is 23.7 Å². The predicted molar refractivity (Wildman–Crippen MR) is 147 cm³/mol. The van der Waals surface area contributed by atoms with Crippen molar-refractivity contribution in [2.45, 2.75) is 51.9 Å². The highest BCUT2D eigenvalue weighted by molar-refractivity contribution is 7.13. The molecular weight excluding hydrogens is 535 g/mol. The van der Waals surface area contributed by atoms with Crippen molar-refractivity contribution in [3.8, 4) is 0 Å². The zero-order valence-electron chi connectivity index (χ0n) is 20.8. The maximum Gasteiger partial charge on any atom is 0.280 e. The fourth-order valence-corrected chi connectivity index (χ4v) is 6.03. The highest BCUT2D eigenvalue weighted by atomic mass is 35.5. The van der Waals surface area contributed by atoms with E-state index in [1.807, 2.05) is 6.07 Å². The number of amides is 3. The molecule has 3 aromatic rings. The molecule has 0 unspecified atom stereocenters. The van der Waals surface area contributed by atoms with E-state index in [1.165, 1.54) is 18.3 Å². The number of hydrogen-bond acceptors (Lipinski definition) is 6. The third-order valence-corrected chi connectivity index (χ3v) is 8.23. The second-order valence-electron chi connectivity index (χ2n) is 9.70. The molecule has 37 heavy (non-hydrogen) atoms. The van der Waals surface area contributed by atoms with Gasteiger partial charge < -0.3 is 20.5 Å². The van der Waals surface area contributed by atoms with Crippen molar-refractivity contribution in [2.24, 2.45) is 0 Å². The second-order valence-corrected chi connectivity index (χ2v) is 11.2. The van der Waals surface area contributed by atoms with Crippen LogP contribution in [0, 0.1) is 0 Å². The molecule has 1 aromatic carbocycles. The van der Waals surface area contributed by atoms with Crippen molar-refractivity contribution in [3.05, 3.63) is 50.6 Å². The summed E-state index contributed by atoms with van der Waals surface area (Å²) < 4.78 is 0. The Morgan fingerprint density at radius 1 is 1.14 bits per heavy atom. The van der Waals surface area contributed by atoms with Crippen molar-refractivity contribution >= 4 is 64.0 Å². The summed E-state index contributed by atoms with van der Waals surface area (Å²) >= 11 is 7.49. The number of fused-ring (bicyclic) bond motifs is 2. The lowest BCUT2D eigenvalue weighted by Crippen LogP contribution is -2.51. The minimum atomic E-state index is -0.439. The average Bonchev–Trinajstić information content (AvgIpc) is 3.54. The van der Waals surface area contributed by atoms with Gasteiger partial charge in [0.15, 0.2) is 5.01 Å². The number of aromatic amines is 1. The summed E-state index contributed by atoms with van der Waals surface area (Å²) in [5.41, 5.74) is 2.18. The molecule has 2 aromatic heterocycles. The van der Waals surface area contributed by atoms with Gasteiger partial charge in [0.25, 0.3) is 11.8 Å². The lowest BCUT2D eigenvalue weighted by atomic mass is 10.1. The van der Waals surface area contributed by atoms with Crippen molar-refractivity contribution in [3.63, 3.8) is 0 Å². The summed E-state index contributed by atoms with van der Waals surface area (Å²) in [6, 6.07) is 6.66. The molecule has 0 aliphatic carbocycles. The zero-order valence-corrected chi connectivity index (χ0v) is 23.2. The summed E-state index contributed by atoms with van der Waals surface area (Å²) in [5, 5.41) is 7.86. The monoisotopic (exact) mass is 564 g/mol. The van der Waals surface area contributed by atoms with Crippen LogP contribution >= 0.6 is 35.3 Å². The number of carbonyl (C=O) groups excluding carboxylic acids is 3. The SMILES string of the molecule is CC(=O)N1C[C@H](NC(=O)c2cc3cc(Cl)ccc3[nH]2)[C@H](NC(=O)c2nc3c(s2)CN(C(C)C)CC3)C1.Cl. The van der Waals surface area contributed by atoms with Crippen molar-refractivity contribution < 1.29 is 14.4 Å². The number of H-pyrrole nitrogens is 1. The Labute approximate surface area is 230 Å². The van der Waals surface area contributed by atoms with E-state index in [0.29, 0.717) is 34.9 Å². The minimum Gasteiger partial charge on any atom is -0.351 e. The van der Waals surface area contributed by atoms with Crippen LogP contribution in [0.1, 0.15) is 51.6 Å². The highest BCUT2D eigenvalue weighted by Gasteiger charge is 2.37. The van der Waals surface area contributed by atoms with E-state index in [4.69, 9.17) is 11.6 Å². The Hall–Kier alpha value is -2.66. The summed E-state index contributed by atoms with van der Waals surface area (Å²) in [7, 11) is 0. The standard InChI is InChI=1S/C25H29ClN6O3S.ClH/c1-13(2)31-7-6-18-22(12-31)36-25(30-18)24(35)29-21-11-32(14(3)33)10-20(21)28-23(34)19-9-15-8-16(26)4-5-17(15)27-19;/h4-5,8-9,13,20-21,27H,6-7,10-12H2,1-3H3,(H,28,34)(H,29,35);1H/t20-,21+;/m0./s1. The normalized spacial score (nSPS) is 19.5. The Kier molecular flexibility index (Phi) is 8.13. The molecule has 1 fully saturated rings. The van der Waals surface area contributed by atoms with Crippen LogP contribution in [0.15, 0.2) is 24.3 Å². The van der Waals surface area contributed by atoms with Crippen molar-refractivity contribution in [1.82, 2.24) is 30.4 Å². The van der Waals surface area contributed by atoms with Gasteiger partial charge in [-0.2, -0.15) is 0 Å². The molecule has 198 valence electrons. The van der Waals surface area contributed by atoms with Crippen molar-refractivity contribution in [2.75, 3.05) is 19.6 Å². The highest BCUT2D eigenvalue weighted by Crippen LogP contribution is 2.27. The summed E-state index contributed by atoms with van der Waals surface area (Å²) in [6.07, 6.45) is 0.827. The smallest absolute Gasteiger partial charge is 0.280 e. The van der Waals surface area contributed by atoms with Crippen LogP contribution in [0.2, 0.25) is 5.02 Å². The molecule has 12 heteroatoms. The topological polar surface area (TPSA) is 110 Å². The van der Waals surface area contributed by atoms with Crippen molar-refractivity contribution in [1.29, 1.82) is 0 Å². The van der Waals surface area contributed by atoms with Crippen LogP contribution in [-0.2, 0) is 17.8 Å². The minimum absolute atomic E-state index is 0. The van der Waals surface area contributed by atoms with E-state index in [2.05, 4.69) is 39.3 Å². The molecule has 0 spiro atoms. The molecule has 3 amide bonds. The van der Waals surface area contributed by atoms with E-state index in [9.17, 15) is 14.4 Å². The molecule has 1 saturated heterocycles. The van der Waals surface area contributed by atoms with Gasteiger partial charge in [-0.3, -0.25) is 19.3 Å². The number of thiazole rings is 1. The first kappa shape index (κ1) is 27.4. The number of aromatic nitrogens is 2. The first-order chi connectivity index (χ1) is 17.2. The molecule has 2 aliphatic rings. The number of carbonyl (C=O) groups is 3. The maximum atomic E-state index is 13.1. The fourth-order valence-electron chi connectivity index (χ4n) is 4.81. The average molecular weight is 566 g/mol. The second kappa shape index (κ2) is 11.0. The number of nitrogens with zero attached hydrogens (tertiary/aromatic N) is 3. The lowest BCUT2D eigenvalue weighted by molar-refractivity contribution is -0.127. The number of nitrogens with one attached hydrogen (secondary N) is 3. The molecule has 2 aliphatic heterocycles. The van der Waals surface area contributed by atoms with Gasteiger partial charge in [0.2, 0.25) is 5.91 Å². The van der Waals surface area contributed by atoms with E-state index < -0.39 is 12.1 Å². The quantitative estimate of drug-likeness (QED) is 0.440. The van der Waals surface area contributed by atoms with E-state index in [-0.39, 0.29) is 30.1 Å². The van der Waals surface area contributed by atoms with Crippen LogP contribution in [0.3, 0.4) is 0 Å². The number of benzene rings is 1. The van der Waals surface area contributed by atoms with E-state index >= 15 is 0 Å². The summed E-state index contributed by atoms with van der Waals surface area (Å²) in [6.45, 7) is 8.18. The third-order valence-electron chi connectivity index (χ3n) is 6.91.